The van der Waals surface area contributed by atoms with Gasteiger partial charge < -0.3 is 15.4 Å². The molecule has 3 amide bonds. The van der Waals surface area contributed by atoms with Crippen LogP contribution in [0.3, 0.4) is 0 Å². The van der Waals surface area contributed by atoms with Crippen LogP contribution in [0, 0.1) is 6.73 Å². The molecule has 0 aromatic heterocycles. The van der Waals surface area contributed by atoms with Crippen molar-refractivity contribution in [2.45, 2.75) is 6.10 Å². The Morgan fingerprint density at radius 2 is 2.07 bits per heavy atom. The SMILES string of the molecule is NC(=O)N1[CH-]OC(c2ccccc2)C1=O. The number of urea groups is 1. The molecule has 0 bridgehead atoms. The van der Waals surface area contributed by atoms with Crippen LogP contribution in [-0.2, 0) is 9.53 Å². The maximum atomic E-state index is 11.6. The number of nitrogens with two attached hydrogens (primary N) is 1. The van der Waals surface area contributed by atoms with E-state index in [4.69, 9.17) is 10.5 Å². The topological polar surface area (TPSA) is 72.6 Å². The van der Waals surface area contributed by atoms with Gasteiger partial charge in [-0.15, -0.1) is 6.73 Å². The van der Waals surface area contributed by atoms with Gasteiger partial charge in [-0.2, -0.15) is 0 Å². The standard InChI is InChI=1S/C10H9N2O3/c11-10(14)12-6-15-8(9(12)13)7-4-2-1-3-5-7/h1-6,8H,(H2,11,14)/q-1. The highest BCUT2D eigenvalue weighted by atomic mass is 16.5. The van der Waals surface area contributed by atoms with Gasteiger partial charge in [0.1, 0.15) is 6.10 Å². The minimum Gasteiger partial charge on any atom is -0.518 e. The molecule has 1 saturated heterocycles. The highest BCUT2D eigenvalue weighted by molar-refractivity contribution is 5.98. The van der Waals surface area contributed by atoms with Crippen LogP contribution in [0.1, 0.15) is 11.7 Å². The molecule has 0 aliphatic carbocycles. The Labute approximate surface area is 86.4 Å². The Bertz CT molecular complexity index is 391. The van der Waals surface area contributed by atoms with Crippen LogP contribution < -0.4 is 5.73 Å². The zero-order chi connectivity index (χ0) is 10.8. The van der Waals surface area contributed by atoms with Crippen molar-refractivity contribution < 1.29 is 14.3 Å². The van der Waals surface area contributed by atoms with E-state index in [1.54, 1.807) is 24.3 Å². The fourth-order valence-electron chi connectivity index (χ4n) is 1.37. The van der Waals surface area contributed by atoms with Crippen molar-refractivity contribution >= 4 is 11.9 Å². The molecule has 2 N–H and O–H groups in total. The fraction of sp³-hybridized carbons (Fsp3) is 0.100. The van der Waals surface area contributed by atoms with Crippen molar-refractivity contribution in [2.75, 3.05) is 0 Å². The van der Waals surface area contributed by atoms with E-state index in [1.807, 2.05) is 6.07 Å². The molecule has 0 radical (unpaired) electrons. The highest BCUT2D eigenvalue weighted by Gasteiger charge is 2.28. The van der Waals surface area contributed by atoms with E-state index in [0.717, 1.165) is 11.6 Å². The third-order valence-corrected chi connectivity index (χ3v) is 2.10. The van der Waals surface area contributed by atoms with E-state index in [1.165, 1.54) is 0 Å². The largest absolute Gasteiger partial charge is 0.518 e. The van der Waals surface area contributed by atoms with Gasteiger partial charge in [-0.05, 0) is 5.56 Å². The highest BCUT2D eigenvalue weighted by Crippen LogP contribution is 2.27. The van der Waals surface area contributed by atoms with Crippen molar-refractivity contribution in [1.29, 1.82) is 0 Å². The zero-order valence-electron chi connectivity index (χ0n) is 7.79. The molecule has 5 nitrogen and oxygen atoms in total. The van der Waals surface area contributed by atoms with Crippen molar-refractivity contribution in [3.8, 4) is 0 Å². The number of hydrogen-bond acceptors (Lipinski definition) is 3. The summed E-state index contributed by atoms with van der Waals surface area (Å²) in [6.07, 6.45) is -0.765. The Hall–Kier alpha value is -1.88. The Balaban J connectivity index is 2.21. The van der Waals surface area contributed by atoms with E-state index in [9.17, 15) is 9.59 Å². The summed E-state index contributed by atoms with van der Waals surface area (Å²) in [5.74, 6) is -0.464. The first-order valence-electron chi connectivity index (χ1n) is 4.36. The van der Waals surface area contributed by atoms with Gasteiger partial charge in [0.05, 0.1) is 0 Å². The van der Waals surface area contributed by atoms with Crippen LogP contribution in [0.5, 0.6) is 0 Å². The second kappa shape index (κ2) is 3.70. The summed E-state index contributed by atoms with van der Waals surface area (Å²) in [6.45, 7) is 1.04. The lowest BCUT2D eigenvalue weighted by atomic mass is 10.1. The predicted molar refractivity (Wildman–Crippen MR) is 51.0 cm³/mol. The summed E-state index contributed by atoms with van der Waals surface area (Å²) in [6, 6.07) is 8.08. The molecule has 0 saturated carbocycles. The lowest BCUT2D eigenvalue weighted by Crippen LogP contribution is -2.35. The van der Waals surface area contributed by atoms with Crippen LogP contribution in [-0.4, -0.2) is 16.8 Å². The molecule has 1 unspecified atom stereocenters. The summed E-state index contributed by atoms with van der Waals surface area (Å²) < 4.78 is 5.08. The van der Waals surface area contributed by atoms with Gasteiger partial charge in [0, 0.05) is 0 Å². The van der Waals surface area contributed by atoms with Crippen molar-refractivity contribution in [3.63, 3.8) is 0 Å². The molecule has 1 heterocycles. The first kappa shape index (κ1) is 9.67. The monoisotopic (exact) mass is 205 g/mol. The summed E-state index contributed by atoms with van der Waals surface area (Å²) in [4.78, 5) is 23.2. The van der Waals surface area contributed by atoms with Crippen molar-refractivity contribution in [1.82, 2.24) is 4.90 Å². The first-order chi connectivity index (χ1) is 7.20. The number of imide groups is 1. The van der Waals surface area contributed by atoms with Crippen LogP contribution in [0.25, 0.3) is 0 Å². The van der Waals surface area contributed by atoms with E-state index in [2.05, 4.69) is 0 Å². The minimum absolute atomic E-state index is 0.464. The number of benzene rings is 1. The lowest BCUT2D eigenvalue weighted by Gasteiger charge is -2.17. The summed E-state index contributed by atoms with van der Waals surface area (Å²) in [5, 5.41) is 0. The average molecular weight is 205 g/mol. The third kappa shape index (κ3) is 1.69. The molecule has 2 rings (SSSR count). The van der Waals surface area contributed by atoms with Gasteiger partial charge in [-0.3, -0.25) is 9.59 Å². The maximum absolute atomic E-state index is 11.6. The summed E-state index contributed by atoms with van der Waals surface area (Å²) in [5.41, 5.74) is 5.68. The van der Waals surface area contributed by atoms with Gasteiger partial charge in [0.15, 0.2) is 0 Å². The van der Waals surface area contributed by atoms with Crippen molar-refractivity contribution in [2.24, 2.45) is 5.73 Å². The normalized spacial score (nSPS) is 20.7. The molecule has 5 heteroatoms. The van der Waals surface area contributed by atoms with Crippen LogP contribution in [0.15, 0.2) is 30.3 Å². The predicted octanol–water partition coefficient (Wildman–Crippen LogP) is 0.784. The number of amides is 3. The number of nitrogens with zero attached hydrogens (tertiary/aromatic N) is 1. The van der Waals surface area contributed by atoms with E-state index in [0.29, 0.717) is 5.56 Å². The van der Waals surface area contributed by atoms with Gasteiger partial charge in [0.2, 0.25) is 5.91 Å². The summed E-state index contributed by atoms with van der Waals surface area (Å²) >= 11 is 0. The number of hydrogen-bond donors (Lipinski definition) is 1. The molecule has 1 aromatic rings. The number of rotatable bonds is 1. The molecular weight excluding hydrogens is 196 g/mol. The fourth-order valence-corrected chi connectivity index (χ4v) is 1.37. The van der Waals surface area contributed by atoms with E-state index < -0.39 is 18.0 Å². The second-order valence-corrected chi connectivity index (χ2v) is 3.08. The van der Waals surface area contributed by atoms with E-state index >= 15 is 0 Å². The number of carbonyl (C=O) groups excluding carboxylic acids is 2. The van der Waals surface area contributed by atoms with Gasteiger partial charge in [-0.1, -0.05) is 30.3 Å². The minimum atomic E-state index is -0.835. The van der Waals surface area contributed by atoms with Gasteiger partial charge in [0.25, 0.3) is 6.03 Å². The maximum Gasteiger partial charge on any atom is 0.293 e. The zero-order valence-corrected chi connectivity index (χ0v) is 7.79. The molecule has 1 aliphatic rings. The smallest absolute Gasteiger partial charge is 0.293 e. The molecule has 1 atom stereocenters. The molecule has 78 valence electrons. The van der Waals surface area contributed by atoms with E-state index in [-0.39, 0.29) is 0 Å². The van der Waals surface area contributed by atoms with Crippen molar-refractivity contribution in [3.05, 3.63) is 42.6 Å². The molecule has 0 spiro atoms. The number of primary amides is 1. The average Bonchev–Trinajstić information content (AvgIpc) is 2.61. The number of carbonyl (C=O) groups is 2. The molecule has 15 heavy (non-hydrogen) atoms. The molecule has 1 aromatic carbocycles. The molecular formula is C10H9N2O3-. The Kier molecular flexibility index (Phi) is 2.39. The van der Waals surface area contributed by atoms with Gasteiger partial charge in [-0.25, -0.2) is 0 Å². The second-order valence-electron chi connectivity index (χ2n) is 3.08. The third-order valence-electron chi connectivity index (χ3n) is 2.10. The van der Waals surface area contributed by atoms with Gasteiger partial charge >= 0.3 is 0 Å². The molecule has 1 aliphatic heterocycles. The quantitative estimate of drug-likeness (QED) is 0.688. The molecule has 1 fully saturated rings. The number of ether oxygens (including phenoxy) is 1. The van der Waals surface area contributed by atoms with Crippen LogP contribution in [0.4, 0.5) is 4.79 Å². The van der Waals surface area contributed by atoms with Crippen LogP contribution in [0.2, 0.25) is 0 Å². The van der Waals surface area contributed by atoms with Crippen LogP contribution >= 0.6 is 0 Å². The Morgan fingerprint density at radius 3 is 2.60 bits per heavy atom. The lowest BCUT2D eigenvalue weighted by molar-refractivity contribution is -0.128. The first-order valence-corrected chi connectivity index (χ1v) is 4.36. The Morgan fingerprint density at radius 1 is 1.40 bits per heavy atom. The summed E-state index contributed by atoms with van der Waals surface area (Å²) in [7, 11) is 0.